The molecule has 1 atom stereocenters. The second-order valence-corrected chi connectivity index (χ2v) is 8.93. The number of carbonyl (C=O) groups excluding carboxylic acids is 1. The molecule has 2 rings (SSSR count). The summed E-state index contributed by atoms with van der Waals surface area (Å²) in [5.74, 6) is -25.3. The van der Waals surface area contributed by atoms with E-state index in [4.69, 9.17) is 0 Å². The lowest BCUT2D eigenvalue weighted by Crippen LogP contribution is -2.34. The predicted octanol–water partition coefficient (Wildman–Crippen LogP) is 4.04. The van der Waals surface area contributed by atoms with Crippen LogP contribution >= 0.6 is 11.8 Å². The summed E-state index contributed by atoms with van der Waals surface area (Å²) in [5, 5.41) is 2.44. The van der Waals surface area contributed by atoms with Crippen molar-refractivity contribution in [3.05, 3.63) is 52.4 Å². The number of carbonyl (C=O) groups is 1. The van der Waals surface area contributed by atoms with Gasteiger partial charge < -0.3 is 5.32 Å². The Labute approximate surface area is 178 Å². The Morgan fingerprint density at radius 3 is 1.44 bits per heavy atom. The largest absolute Gasteiger partial charge is 0.310 e. The Bertz CT molecular complexity index is 1160. The first-order chi connectivity index (χ1) is 14.7. The molecule has 0 aliphatic carbocycles. The highest BCUT2D eigenvalue weighted by molar-refractivity contribution is 7.99. The molecule has 2 aromatic carbocycles. The van der Waals surface area contributed by atoms with Crippen LogP contribution in [0.25, 0.3) is 0 Å². The molecule has 176 valence electrons. The number of thioether (sulfide) groups is 1. The van der Waals surface area contributed by atoms with Crippen LogP contribution in [0, 0.1) is 52.4 Å². The fraction of sp³-hybridized carbons (Fsp3) is 0.235. The third kappa shape index (κ3) is 4.20. The van der Waals surface area contributed by atoms with Crippen LogP contribution in [0.3, 0.4) is 0 Å². The molecule has 0 bridgehead atoms. The van der Waals surface area contributed by atoms with Gasteiger partial charge in [-0.15, -0.1) is 11.8 Å². The number of nitrogens with one attached hydrogen (secondary N) is 1. The lowest BCUT2D eigenvalue weighted by molar-refractivity contribution is -0.118. The third-order valence-electron chi connectivity index (χ3n) is 4.12. The van der Waals surface area contributed by atoms with E-state index in [1.165, 1.54) is 7.05 Å². The maximum atomic E-state index is 14.4. The predicted molar refractivity (Wildman–Crippen MR) is 92.2 cm³/mol. The van der Waals surface area contributed by atoms with Crippen LogP contribution in [0.1, 0.15) is 6.92 Å². The molecule has 15 heteroatoms. The van der Waals surface area contributed by atoms with Crippen LogP contribution in [0.2, 0.25) is 0 Å². The molecule has 0 heterocycles. The Morgan fingerprint density at radius 2 is 1.09 bits per heavy atom. The quantitative estimate of drug-likeness (QED) is 0.200. The van der Waals surface area contributed by atoms with E-state index >= 15 is 0 Å². The number of benzene rings is 2. The molecular formula is C17H10F9NO3S2. The average molecular weight is 511 g/mol. The van der Waals surface area contributed by atoms with E-state index in [0.717, 1.165) is 6.92 Å². The van der Waals surface area contributed by atoms with Gasteiger partial charge in [-0.3, -0.25) is 4.79 Å². The van der Waals surface area contributed by atoms with Crippen molar-refractivity contribution in [3.8, 4) is 0 Å². The third-order valence-corrected chi connectivity index (χ3v) is 7.06. The van der Waals surface area contributed by atoms with Gasteiger partial charge in [-0.2, -0.15) is 0 Å². The van der Waals surface area contributed by atoms with Gasteiger partial charge in [0.05, 0.1) is 10.9 Å². The molecule has 0 aliphatic rings. The monoisotopic (exact) mass is 511 g/mol. The molecule has 0 spiro atoms. The van der Waals surface area contributed by atoms with Crippen LogP contribution < -0.4 is 5.32 Å². The zero-order valence-corrected chi connectivity index (χ0v) is 17.4. The van der Waals surface area contributed by atoms with Gasteiger partial charge in [0.25, 0.3) is 0 Å². The van der Waals surface area contributed by atoms with Crippen LogP contribution in [0.15, 0.2) is 14.7 Å². The van der Waals surface area contributed by atoms with E-state index in [0.29, 0.717) is 0 Å². The molecule has 4 nitrogen and oxygen atoms in total. The zero-order valence-electron chi connectivity index (χ0n) is 15.7. The topological polar surface area (TPSA) is 63.2 Å². The van der Waals surface area contributed by atoms with Gasteiger partial charge in [-0.25, -0.2) is 47.9 Å². The van der Waals surface area contributed by atoms with Crippen molar-refractivity contribution in [1.82, 2.24) is 5.32 Å². The maximum absolute atomic E-state index is 14.4. The first-order valence-electron chi connectivity index (χ1n) is 8.12. The Kier molecular flexibility index (Phi) is 7.56. The van der Waals surface area contributed by atoms with E-state index in [1.807, 2.05) is 0 Å². The second kappa shape index (κ2) is 9.31. The number of halogens is 9. The van der Waals surface area contributed by atoms with E-state index in [-0.39, 0.29) is 11.8 Å². The number of likely N-dealkylation sites (N-methyl/N-ethyl adjacent to an activating group) is 1. The van der Waals surface area contributed by atoms with Crippen molar-refractivity contribution in [2.75, 3.05) is 12.8 Å². The van der Waals surface area contributed by atoms with Crippen LogP contribution in [-0.2, 0) is 14.6 Å². The summed E-state index contributed by atoms with van der Waals surface area (Å²) in [6.07, 6.45) is 0. The molecule has 1 N–H and O–H groups in total. The first-order valence-corrected chi connectivity index (χ1v) is 10.6. The highest BCUT2D eigenvalue weighted by Gasteiger charge is 2.40. The number of Topliss-reactive ketones (excluding diaryl/α,β-unsaturated/α-hetero) is 1. The molecule has 0 saturated heterocycles. The molecule has 2 aromatic rings. The number of hydrogen-bond donors (Lipinski definition) is 1. The SMILES string of the molecule is CNC(CSc1c(F)c(F)c(S(=O)(=O)c2c(F)c(F)c(F)c(F)c2F)c(F)c1F)C(C)=O. The minimum Gasteiger partial charge on any atom is -0.310 e. The smallest absolute Gasteiger partial charge is 0.218 e. The molecular weight excluding hydrogens is 501 g/mol. The number of ketones is 1. The number of hydrogen-bond acceptors (Lipinski definition) is 5. The van der Waals surface area contributed by atoms with Crippen molar-refractivity contribution in [3.63, 3.8) is 0 Å². The second-order valence-electron chi connectivity index (χ2n) is 6.08. The lowest BCUT2D eigenvalue weighted by Gasteiger charge is -2.15. The molecule has 0 amide bonds. The van der Waals surface area contributed by atoms with Gasteiger partial charge in [0.1, 0.15) is 15.6 Å². The Hall–Kier alpha value is -2.26. The minimum absolute atomic E-state index is 0.0654. The molecule has 0 aliphatic heterocycles. The standard InChI is InChI=1S/C17H10F9NO3S2/c1-4(28)5(27-2)3-31-15-9(21)13(25)17(14(26)10(15)22)32(29,30)16-11(23)7(19)6(18)8(20)12(16)24/h5,27H,3H2,1-2H3. The molecule has 1 unspecified atom stereocenters. The summed E-state index contributed by atoms with van der Waals surface area (Å²) in [7, 11) is -5.05. The van der Waals surface area contributed by atoms with Gasteiger partial charge in [0.2, 0.25) is 15.7 Å². The van der Waals surface area contributed by atoms with E-state index in [9.17, 15) is 52.7 Å². The summed E-state index contributed by atoms with van der Waals surface area (Å²) in [6, 6.07) is -1.03. The molecule has 0 fully saturated rings. The highest BCUT2D eigenvalue weighted by Crippen LogP contribution is 2.38. The average Bonchev–Trinajstić information content (AvgIpc) is 2.71. The Morgan fingerprint density at radius 1 is 0.750 bits per heavy atom. The summed E-state index contributed by atoms with van der Waals surface area (Å²) < 4.78 is 150. The van der Waals surface area contributed by atoms with Crippen LogP contribution in [0.5, 0.6) is 0 Å². The molecule has 32 heavy (non-hydrogen) atoms. The van der Waals surface area contributed by atoms with E-state index in [1.54, 1.807) is 0 Å². The Balaban J connectivity index is 2.75. The molecule has 0 aromatic heterocycles. The van der Waals surface area contributed by atoms with Crippen molar-refractivity contribution in [1.29, 1.82) is 0 Å². The van der Waals surface area contributed by atoms with Crippen molar-refractivity contribution in [2.24, 2.45) is 0 Å². The fourth-order valence-electron chi connectivity index (χ4n) is 2.45. The minimum atomic E-state index is -6.34. The van der Waals surface area contributed by atoms with Gasteiger partial charge in [-0.1, -0.05) is 0 Å². The summed E-state index contributed by atoms with van der Waals surface area (Å²) in [4.78, 5) is 4.62. The van der Waals surface area contributed by atoms with Gasteiger partial charge in [0.15, 0.2) is 46.5 Å². The van der Waals surface area contributed by atoms with Gasteiger partial charge >= 0.3 is 0 Å². The zero-order chi connectivity index (χ0) is 24.7. The van der Waals surface area contributed by atoms with Crippen molar-refractivity contribution in [2.45, 2.75) is 27.7 Å². The maximum Gasteiger partial charge on any atom is 0.218 e. The van der Waals surface area contributed by atoms with Crippen molar-refractivity contribution < 1.29 is 52.7 Å². The van der Waals surface area contributed by atoms with Gasteiger partial charge in [-0.05, 0) is 14.0 Å². The van der Waals surface area contributed by atoms with Crippen LogP contribution in [0.4, 0.5) is 39.5 Å². The summed E-state index contributed by atoms with van der Waals surface area (Å²) >= 11 is 0.0654. The number of sulfone groups is 1. The van der Waals surface area contributed by atoms with E-state index in [2.05, 4.69) is 5.32 Å². The van der Waals surface area contributed by atoms with Crippen LogP contribution in [-0.4, -0.2) is 33.0 Å². The number of rotatable bonds is 7. The summed E-state index contributed by atoms with van der Waals surface area (Å²) in [6.45, 7) is 1.09. The molecule has 0 radical (unpaired) electrons. The van der Waals surface area contributed by atoms with Gasteiger partial charge in [0, 0.05) is 5.75 Å². The highest BCUT2D eigenvalue weighted by atomic mass is 32.2. The first kappa shape index (κ1) is 26.0. The fourth-order valence-corrected chi connectivity index (χ4v) is 5.12. The molecule has 0 saturated carbocycles. The van der Waals surface area contributed by atoms with Crippen molar-refractivity contribution >= 4 is 27.4 Å². The van der Waals surface area contributed by atoms with E-state index < -0.39 is 94.5 Å². The normalized spacial score (nSPS) is 12.8. The summed E-state index contributed by atoms with van der Waals surface area (Å²) in [5.41, 5.74) is 0. The lowest BCUT2D eigenvalue weighted by atomic mass is 10.2.